The Labute approximate surface area is 157 Å². The van der Waals surface area contributed by atoms with Crippen molar-refractivity contribution in [2.75, 3.05) is 0 Å². The van der Waals surface area contributed by atoms with Gasteiger partial charge in [-0.2, -0.15) is 4.98 Å². The van der Waals surface area contributed by atoms with Gasteiger partial charge in [-0.15, -0.1) is 11.3 Å². The fraction of sp³-hybridized carbons (Fsp3) is 0.250. The molecule has 0 saturated heterocycles. The number of hydrogen-bond donors (Lipinski definition) is 2. The van der Waals surface area contributed by atoms with Gasteiger partial charge in [0.25, 0.3) is 5.56 Å². The van der Waals surface area contributed by atoms with Crippen molar-refractivity contribution >= 4 is 38.2 Å². The number of fused-ring (bicyclic) bond motifs is 6. The van der Waals surface area contributed by atoms with Gasteiger partial charge in [0.1, 0.15) is 16.4 Å². The standard InChI is InChI=1S/C20H16N4O2S/c25-13-9-24-18(16(13)17-21-11-6-2-3-7-12(11)22-17)23-19(26)15-10-5-1-4-8-14(10)27-20(15)24/h2-3,6-7,25H,1,4-5,8-9H2,(H,21,22). The second-order valence-electron chi connectivity index (χ2n) is 7.14. The molecule has 0 amide bonds. The number of para-hydroxylation sites is 2. The van der Waals surface area contributed by atoms with E-state index < -0.39 is 0 Å². The van der Waals surface area contributed by atoms with Crippen molar-refractivity contribution in [2.45, 2.75) is 32.2 Å². The van der Waals surface area contributed by atoms with Crippen LogP contribution < -0.4 is 5.56 Å². The summed E-state index contributed by atoms with van der Waals surface area (Å²) < 4.78 is 1.97. The molecule has 1 aliphatic heterocycles. The molecule has 0 spiro atoms. The first-order valence-electron chi connectivity index (χ1n) is 9.13. The summed E-state index contributed by atoms with van der Waals surface area (Å²) in [6, 6.07) is 7.71. The van der Waals surface area contributed by atoms with E-state index in [1.807, 2.05) is 28.8 Å². The molecule has 6 nitrogen and oxygen atoms in total. The summed E-state index contributed by atoms with van der Waals surface area (Å²) in [5.74, 6) is 1.25. The summed E-state index contributed by atoms with van der Waals surface area (Å²) in [6.45, 7) is 0.324. The summed E-state index contributed by atoms with van der Waals surface area (Å²) in [5, 5.41) is 11.5. The predicted octanol–water partition coefficient (Wildman–Crippen LogP) is 3.54. The van der Waals surface area contributed by atoms with Gasteiger partial charge in [-0.25, -0.2) is 4.98 Å². The zero-order valence-corrected chi connectivity index (χ0v) is 15.3. The fourth-order valence-corrected chi connectivity index (χ4v) is 5.66. The molecule has 2 aliphatic rings. The normalized spacial score (nSPS) is 16.3. The molecule has 27 heavy (non-hydrogen) atoms. The number of allylic oxidation sites excluding steroid dienone is 1. The van der Waals surface area contributed by atoms with Crippen LogP contribution in [-0.4, -0.2) is 24.6 Å². The highest BCUT2D eigenvalue weighted by atomic mass is 32.1. The zero-order chi connectivity index (χ0) is 18.1. The smallest absolute Gasteiger partial charge is 0.282 e. The summed E-state index contributed by atoms with van der Waals surface area (Å²) in [5.41, 5.74) is 3.21. The Morgan fingerprint density at radius 2 is 2.00 bits per heavy atom. The van der Waals surface area contributed by atoms with Crippen molar-refractivity contribution in [2.24, 2.45) is 0 Å². The molecule has 3 aromatic heterocycles. The SMILES string of the molecule is O=c1nc2n(c3sc4c(c13)CCCC4)CC(O)=C2c1nc2ccccc2[nH]1. The van der Waals surface area contributed by atoms with E-state index in [1.54, 1.807) is 11.3 Å². The van der Waals surface area contributed by atoms with Crippen LogP contribution in [0.15, 0.2) is 34.8 Å². The highest BCUT2D eigenvalue weighted by molar-refractivity contribution is 7.18. The molecule has 1 aliphatic carbocycles. The Kier molecular flexibility index (Phi) is 2.97. The molecule has 6 rings (SSSR count). The van der Waals surface area contributed by atoms with Gasteiger partial charge in [-0.05, 0) is 43.4 Å². The molecule has 0 unspecified atom stereocenters. The van der Waals surface area contributed by atoms with Gasteiger partial charge in [0.15, 0.2) is 5.82 Å². The van der Waals surface area contributed by atoms with Crippen LogP contribution in [0, 0.1) is 0 Å². The third kappa shape index (κ3) is 2.03. The van der Waals surface area contributed by atoms with Crippen LogP contribution in [0.2, 0.25) is 0 Å². The lowest BCUT2D eigenvalue weighted by atomic mass is 9.97. The highest BCUT2D eigenvalue weighted by Gasteiger charge is 2.31. The van der Waals surface area contributed by atoms with Crippen LogP contribution in [-0.2, 0) is 19.4 Å². The minimum Gasteiger partial charge on any atom is -0.509 e. The number of hydrogen-bond acceptors (Lipinski definition) is 5. The summed E-state index contributed by atoms with van der Waals surface area (Å²) in [7, 11) is 0. The molecule has 2 N–H and O–H groups in total. The second kappa shape index (κ2) is 5.29. The lowest BCUT2D eigenvalue weighted by Gasteiger charge is -2.09. The van der Waals surface area contributed by atoms with Gasteiger partial charge in [0.05, 0.1) is 28.5 Å². The van der Waals surface area contributed by atoms with E-state index in [0.29, 0.717) is 23.8 Å². The number of benzene rings is 1. The summed E-state index contributed by atoms with van der Waals surface area (Å²) in [6.07, 6.45) is 4.26. The number of aromatic amines is 1. The molecule has 0 radical (unpaired) electrons. The first kappa shape index (κ1) is 15.2. The lowest BCUT2D eigenvalue weighted by Crippen LogP contribution is -2.16. The number of rotatable bonds is 1. The van der Waals surface area contributed by atoms with Crippen molar-refractivity contribution in [1.29, 1.82) is 0 Å². The Morgan fingerprint density at radius 3 is 2.89 bits per heavy atom. The third-order valence-electron chi connectivity index (χ3n) is 5.52. The van der Waals surface area contributed by atoms with Crippen molar-refractivity contribution in [3.63, 3.8) is 0 Å². The molecule has 0 bridgehead atoms. The fourth-order valence-electron chi connectivity index (χ4n) is 4.28. The predicted molar refractivity (Wildman–Crippen MR) is 105 cm³/mol. The van der Waals surface area contributed by atoms with E-state index in [9.17, 15) is 9.90 Å². The maximum absolute atomic E-state index is 12.9. The molecule has 0 atom stereocenters. The molecule has 134 valence electrons. The van der Waals surface area contributed by atoms with E-state index in [2.05, 4.69) is 15.0 Å². The second-order valence-corrected chi connectivity index (χ2v) is 8.23. The van der Waals surface area contributed by atoms with Gasteiger partial charge < -0.3 is 14.7 Å². The zero-order valence-electron chi connectivity index (χ0n) is 14.5. The number of nitrogens with one attached hydrogen (secondary N) is 1. The van der Waals surface area contributed by atoms with E-state index in [0.717, 1.165) is 40.5 Å². The number of imidazole rings is 1. The number of aryl methyl sites for hydroxylation is 2. The van der Waals surface area contributed by atoms with Gasteiger partial charge >= 0.3 is 0 Å². The first-order valence-corrected chi connectivity index (χ1v) is 9.95. The molecule has 4 aromatic rings. The number of nitrogens with zero attached hydrogens (tertiary/aromatic N) is 3. The van der Waals surface area contributed by atoms with Gasteiger partial charge in [0.2, 0.25) is 0 Å². The van der Waals surface area contributed by atoms with Crippen LogP contribution in [0.3, 0.4) is 0 Å². The summed E-state index contributed by atoms with van der Waals surface area (Å²) in [4.78, 5) is 27.3. The quantitative estimate of drug-likeness (QED) is 0.532. The Hall–Kier alpha value is -2.93. The lowest BCUT2D eigenvalue weighted by molar-refractivity contribution is 0.389. The number of H-pyrrole nitrogens is 1. The van der Waals surface area contributed by atoms with Crippen LogP contribution in [0.5, 0.6) is 0 Å². The number of thiophene rings is 1. The topological polar surface area (TPSA) is 83.8 Å². The van der Waals surface area contributed by atoms with Crippen molar-refractivity contribution in [1.82, 2.24) is 19.5 Å². The third-order valence-corrected chi connectivity index (χ3v) is 6.84. The van der Waals surface area contributed by atoms with E-state index in [4.69, 9.17) is 0 Å². The largest absolute Gasteiger partial charge is 0.509 e. The molecular weight excluding hydrogens is 360 g/mol. The van der Waals surface area contributed by atoms with Crippen LogP contribution in [0.4, 0.5) is 0 Å². The van der Waals surface area contributed by atoms with Crippen LogP contribution in [0.1, 0.15) is 34.9 Å². The minimum atomic E-state index is -0.195. The molecule has 0 saturated carbocycles. The van der Waals surface area contributed by atoms with Crippen LogP contribution >= 0.6 is 11.3 Å². The maximum atomic E-state index is 12.9. The average molecular weight is 376 g/mol. The van der Waals surface area contributed by atoms with Crippen molar-refractivity contribution in [3.8, 4) is 0 Å². The van der Waals surface area contributed by atoms with Crippen molar-refractivity contribution < 1.29 is 5.11 Å². The van der Waals surface area contributed by atoms with Gasteiger partial charge in [0, 0.05) is 4.88 Å². The van der Waals surface area contributed by atoms with E-state index >= 15 is 0 Å². The molecule has 7 heteroatoms. The van der Waals surface area contributed by atoms with Crippen molar-refractivity contribution in [3.05, 3.63) is 62.5 Å². The molecule has 4 heterocycles. The van der Waals surface area contributed by atoms with E-state index in [-0.39, 0.29) is 11.3 Å². The molecule has 0 fully saturated rings. The van der Waals surface area contributed by atoms with Crippen LogP contribution in [0.25, 0.3) is 26.8 Å². The number of aliphatic hydroxyl groups excluding tert-OH is 1. The Balaban J connectivity index is 1.61. The average Bonchev–Trinajstić information content (AvgIpc) is 3.33. The summed E-state index contributed by atoms with van der Waals surface area (Å²) >= 11 is 1.68. The Bertz CT molecular complexity index is 1310. The first-order chi connectivity index (χ1) is 13.2. The maximum Gasteiger partial charge on any atom is 0.282 e. The highest BCUT2D eigenvalue weighted by Crippen LogP contribution is 2.38. The van der Waals surface area contributed by atoms with Gasteiger partial charge in [-0.3, -0.25) is 4.79 Å². The minimum absolute atomic E-state index is 0.194. The molecular formula is C20H16N4O2S. The number of aliphatic hydroxyl groups is 1. The Morgan fingerprint density at radius 1 is 1.15 bits per heavy atom. The van der Waals surface area contributed by atoms with Gasteiger partial charge in [-0.1, -0.05) is 12.1 Å². The number of aromatic nitrogens is 4. The monoisotopic (exact) mass is 376 g/mol. The molecule has 1 aromatic carbocycles. The van der Waals surface area contributed by atoms with E-state index in [1.165, 1.54) is 16.9 Å².